The summed E-state index contributed by atoms with van der Waals surface area (Å²) in [5.41, 5.74) is 0.690. The van der Waals surface area contributed by atoms with Crippen LogP contribution in [0.5, 0.6) is 0 Å². The lowest BCUT2D eigenvalue weighted by Gasteiger charge is -2.22. The minimum absolute atomic E-state index is 0.0706. The summed E-state index contributed by atoms with van der Waals surface area (Å²) in [6.07, 6.45) is 7.45. The molecule has 1 unspecified atom stereocenters. The summed E-state index contributed by atoms with van der Waals surface area (Å²) < 4.78 is 14.6. The quantitative estimate of drug-likeness (QED) is 0.297. The predicted octanol–water partition coefficient (Wildman–Crippen LogP) is 6.65. The lowest BCUT2D eigenvalue weighted by atomic mass is 9.92. The molecule has 0 N–H and O–H groups in total. The molecule has 18 heavy (non-hydrogen) atoms. The smallest absolute Gasteiger partial charge is 0.128 e. The van der Waals surface area contributed by atoms with Crippen LogP contribution in [0.15, 0.2) is 16.6 Å². The highest BCUT2D eigenvalue weighted by molar-refractivity contribution is 9.10. The maximum atomic E-state index is 14.0. The Hall–Kier alpha value is 0.400. The fourth-order valence-corrected chi connectivity index (χ4v) is 3.97. The molecule has 0 aromatic heterocycles. The summed E-state index contributed by atoms with van der Waals surface area (Å²) in [4.78, 5) is 0.0706. The Kier molecular flexibility index (Phi) is 5.52. The summed E-state index contributed by atoms with van der Waals surface area (Å²) >= 11 is 13.0. The van der Waals surface area contributed by atoms with Gasteiger partial charge in [-0.05, 0) is 46.8 Å². The first-order valence-electron chi connectivity index (χ1n) is 6.38. The Labute approximate surface area is 130 Å². The molecule has 0 spiro atoms. The van der Waals surface area contributed by atoms with Crippen LogP contribution in [0, 0.1) is 11.7 Å². The van der Waals surface area contributed by atoms with E-state index in [-0.39, 0.29) is 10.6 Å². The predicted molar refractivity (Wildman–Crippen MR) is 82.0 cm³/mol. The topological polar surface area (TPSA) is 0 Å². The van der Waals surface area contributed by atoms with Crippen LogP contribution in [0.25, 0.3) is 0 Å². The molecule has 1 aliphatic carbocycles. The number of hydrogen-bond acceptors (Lipinski definition) is 0. The second kappa shape index (κ2) is 6.71. The van der Waals surface area contributed by atoms with Crippen LogP contribution in [0.3, 0.4) is 0 Å². The van der Waals surface area contributed by atoms with Crippen molar-refractivity contribution in [3.05, 3.63) is 33.0 Å². The third kappa shape index (κ3) is 3.49. The van der Waals surface area contributed by atoms with E-state index in [4.69, 9.17) is 11.6 Å². The number of benzene rings is 1. The van der Waals surface area contributed by atoms with Gasteiger partial charge in [0, 0.05) is 14.9 Å². The first-order valence-corrected chi connectivity index (χ1v) is 8.47. The molecule has 1 aromatic rings. The number of alkyl halides is 1. The van der Waals surface area contributed by atoms with E-state index in [1.807, 2.05) is 0 Å². The monoisotopic (exact) mass is 396 g/mol. The van der Waals surface area contributed by atoms with Crippen molar-refractivity contribution in [2.45, 2.75) is 43.4 Å². The third-order valence-corrected chi connectivity index (χ3v) is 6.09. The summed E-state index contributed by atoms with van der Waals surface area (Å²) in [7, 11) is 0. The lowest BCUT2D eigenvalue weighted by Crippen LogP contribution is -2.08. The van der Waals surface area contributed by atoms with Gasteiger partial charge < -0.3 is 0 Å². The summed E-state index contributed by atoms with van der Waals surface area (Å²) in [5.74, 6) is 0.330. The fourth-order valence-electron chi connectivity index (χ4n) is 2.61. The lowest BCUT2D eigenvalue weighted by molar-refractivity contribution is 0.444. The highest BCUT2D eigenvalue weighted by Gasteiger charge is 2.24. The summed E-state index contributed by atoms with van der Waals surface area (Å²) in [5, 5.41) is 0.574. The Morgan fingerprint density at radius 3 is 2.39 bits per heavy atom. The van der Waals surface area contributed by atoms with E-state index in [9.17, 15) is 4.39 Å². The van der Waals surface area contributed by atoms with Crippen LogP contribution in [-0.2, 0) is 0 Å². The molecule has 0 saturated heterocycles. The van der Waals surface area contributed by atoms with E-state index in [1.54, 1.807) is 6.07 Å². The SMILES string of the molecule is Fc1cc(Br)c(Cl)cc1C(Br)C1CCCCCC1. The van der Waals surface area contributed by atoms with Crippen LogP contribution < -0.4 is 0 Å². The van der Waals surface area contributed by atoms with Gasteiger partial charge >= 0.3 is 0 Å². The molecule has 2 rings (SSSR count). The molecule has 0 amide bonds. The van der Waals surface area contributed by atoms with Crippen molar-refractivity contribution in [3.63, 3.8) is 0 Å². The van der Waals surface area contributed by atoms with Crippen LogP contribution in [-0.4, -0.2) is 0 Å². The molecule has 0 heterocycles. The van der Waals surface area contributed by atoms with Gasteiger partial charge in [-0.2, -0.15) is 0 Å². The van der Waals surface area contributed by atoms with E-state index in [0.29, 0.717) is 21.0 Å². The number of hydrogen-bond donors (Lipinski definition) is 0. The molecule has 1 aliphatic rings. The molecule has 0 aliphatic heterocycles. The van der Waals surface area contributed by atoms with Gasteiger partial charge in [0.05, 0.1) is 5.02 Å². The molecule has 1 aromatic carbocycles. The van der Waals surface area contributed by atoms with Crippen molar-refractivity contribution >= 4 is 43.5 Å². The number of halogens is 4. The van der Waals surface area contributed by atoms with Gasteiger partial charge in [-0.3, -0.25) is 0 Å². The molecular weight excluding hydrogens is 382 g/mol. The van der Waals surface area contributed by atoms with E-state index < -0.39 is 0 Å². The van der Waals surface area contributed by atoms with Gasteiger partial charge in [0.25, 0.3) is 0 Å². The minimum atomic E-state index is -0.183. The van der Waals surface area contributed by atoms with Crippen LogP contribution in [0.1, 0.15) is 48.9 Å². The first kappa shape index (κ1) is 14.8. The van der Waals surface area contributed by atoms with Gasteiger partial charge in [0.1, 0.15) is 5.82 Å². The van der Waals surface area contributed by atoms with Gasteiger partial charge in [-0.1, -0.05) is 53.2 Å². The van der Waals surface area contributed by atoms with Crippen LogP contribution in [0.4, 0.5) is 4.39 Å². The van der Waals surface area contributed by atoms with Crippen molar-refractivity contribution < 1.29 is 4.39 Å². The Morgan fingerprint density at radius 1 is 1.17 bits per heavy atom. The van der Waals surface area contributed by atoms with Crippen molar-refractivity contribution in [2.75, 3.05) is 0 Å². The zero-order valence-electron chi connectivity index (χ0n) is 10.1. The second-order valence-corrected chi connectivity index (χ2v) is 7.19. The van der Waals surface area contributed by atoms with Gasteiger partial charge in [-0.15, -0.1) is 0 Å². The molecule has 100 valence electrons. The van der Waals surface area contributed by atoms with E-state index in [1.165, 1.54) is 44.6 Å². The van der Waals surface area contributed by atoms with Crippen molar-refractivity contribution in [3.8, 4) is 0 Å². The maximum absolute atomic E-state index is 14.0. The average molecular weight is 399 g/mol. The Bertz CT molecular complexity index is 415. The summed E-state index contributed by atoms with van der Waals surface area (Å²) in [6, 6.07) is 3.20. The maximum Gasteiger partial charge on any atom is 0.128 e. The minimum Gasteiger partial charge on any atom is -0.207 e. The van der Waals surface area contributed by atoms with Gasteiger partial charge in [0.15, 0.2) is 0 Å². The Balaban J connectivity index is 2.21. The first-order chi connectivity index (χ1) is 8.59. The van der Waals surface area contributed by atoms with Gasteiger partial charge in [-0.25, -0.2) is 4.39 Å². The molecule has 1 fully saturated rings. The summed E-state index contributed by atoms with van der Waals surface area (Å²) in [6.45, 7) is 0. The normalized spacial score (nSPS) is 19.6. The number of rotatable bonds is 2. The zero-order chi connectivity index (χ0) is 13.1. The largest absolute Gasteiger partial charge is 0.207 e. The average Bonchev–Trinajstić information content (AvgIpc) is 2.61. The molecule has 0 bridgehead atoms. The molecule has 0 nitrogen and oxygen atoms in total. The fraction of sp³-hybridized carbons (Fsp3) is 0.571. The van der Waals surface area contributed by atoms with Crippen LogP contribution >= 0.6 is 43.5 Å². The standard InChI is InChI=1S/C14H16Br2ClF/c15-11-8-13(18)10(7-12(11)17)14(16)9-5-3-1-2-4-6-9/h7-9,14H,1-6H2. The van der Waals surface area contributed by atoms with Crippen molar-refractivity contribution in [1.82, 2.24) is 0 Å². The molecule has 0 radical (unpaired) electrons. The van der Waals surface area contributed by atoms with Crippen LogP contribution in [0.2, 0.25) is 5.02 Å². The molecule has 1 saturated carbocycles. The van der Waals surface area contributed by atoms with Crippen molar-refractivity contribution in [1.29, 1.82) is 0 Å². The molecular formula is C14H16Br2ClF. The Morgan fingerprint density at radius 2 is 1.78 bits per heavy atom. The highest BCUT2D eigenvalue weighted by Crippen LogP contribution is 2.41. The second-order valence-electron chi connectivity index (χ2n) is 4.94. The molecule has 4 heteroatoms. The third-order valence-electron chi connectivity index (χ3n) is 3.65. The highest BCUT2D eigenvalue weighted by atomic mass is 79.9. The zero-order valence-corrected chi connectivity index (χ0v) is 14.0. The van der Waals surface area contributed by atoms with Gasteiger partial charge in [0.2, 0.25) is 0 Å². The molecule has 1 atom stereocenters. The van der Waals surface area contributed by atoms with E-state index in [2.05, 4.69) is 31.9 Å². The van der Waals surface area contributed by atoms with E-state index >= 15 is 0 Å². The van der Waals surface area contributed by atoms with Crippen molar-refractivity contribution in [2.24, 2.45) is 5.92 Å². The van der Waals surface area contributed by atoms with E-state index in [0.717, 1.165) is 0 Å².